The minimum absolute atomic E-state index is 0.000522. The number of amides is 4. The second-order valence-electron chi connectivity index (χ2n) is 27.6. The molecule has 0 bridgehead atoms. The van der Waals surface area contributed by atoms with Crippen LogP contribution in [-0.4, -0.2) is 113 Å². The molecule has 31 heteroatoms. The number of para-hydroxylation sites is 3. The molecule has 0 saturated carbocycles. The van der Waals surface area contributed by atoms with E-state index >= 15 is 4.39 Å². The Kier molecular flexibility index (Phi) is 23.3. The van der Waals surface area contributed by atoms with Crippen molar-refractivity contribution in [2.45, 2.75) is 53.7 Å². The van der Waals surface area contributed by atoms with Gasteiger partial charge in [-0.1, -0.05) is 91.0 Å². The molecule has 116 heavy (non-hydrogen) atoms. The number of pyridine rings is 1. The summed E-state index contributed by atoms with van der Waals surface area (Å²) in [6.07, 6.45) is 19.1. The molecule has 3 aliphatic heterocycles. The topological polar surface area (TPSA) is 247 Å². The largest absolute Gasteiger partial charge is 0.351 e. The molecule has 0 radical (unpaired) electrons. The Hall–Kier alpha value is -13.0. The summed E-state index contributed by atoms with van der Waals surface area (Å²) in [6.45, 7) is 0.0192. The molecule has 1 N–H and O–H groups in total. The van der Waals surface area contributed by atoms with E-state index in [-0.39, 0.29) is 88.1 Å². The van der Waals surface area contributed by atoms with Crippen LogP contribution in [0.1, 0.15) is 44.6 Å². The Morgan fingerprint density at radius 1 is 0.474 bits per heavy atom. The average Bonchev–Trinajstić information content (AvgIpc) is 1.52. The quantitative estimate of drug-likeness (QED) is 0.0833. The fraction of sp³-hybridized carbons (Fsp3) is 0.165. The zero-order valence-electron chi connectivity index (χ0n) is 62.7. The molecule has 4 amide bonds. The molecule has 9 heterocycles. The van der Waals surface area contributed by atoms with Gasteiger partial charge in [-0.25, -0.2) is 43.2 Å². The van der Waals surface area contributed by atoms with E-state index in [1.165, 1.54) is 88.4 Å². The zero-order valence-corrected chi connectivity index (χ0v) is 65.1. The van der Waals surface area contributed by atoms with Crippen LogP contribution in [0.25, 0.3) is 55.4 Å². The molecule has 590 valence electrons. The van der Waals surface area contributed by atoms with Crippen molar-refractivity contribution in [2.24, 2.45) is 28.2 Å². The van der Waals surface area contributed by atoms with Crippen molar-refractivity contribution >= 4 is 83.0 Å². The second kappa shape index (κ2) is 34.0. The monoisotopic (exact) mass is 1630 g/mol. The van der Waals surface area contributed by atoms with E-state index in [1.807, 2.05) is 87.2 Å². The highest BCUT2D eigenvalue weighted by molar-refractivity contribution is 8.00. The van der Waals surface area contributed by atoms with Gasteiger partial charge >= 0.3 is 0 Å². The highest BCUT2D eigenvalue weighted by atomic mass is 32.2. The van der Waals surface area contributed by atoms with Crippen molar-refractivity contribution in [3.8, 4) is 44.5 Å². The van der Waals surface area contributed by atoms with Crippen molar-refractivity contribution in [1.29, 1.82) is 0 Å². The number of benzene rings is 8. The maximum atomic E-state index is 15.1. The molecule has 14 aromatic rings. The Morgan fingerprint density at radius 3 is 1.41 bits per heavy atom. The zero-order chi connectivity index (χ0) is 81.7. The number of halogens is 6. The Balaban J connectivity index is 0.000000130. The maximum absolute atomic E-state index is 15.1. The minimum atomic E-state index is -4.14. The number of carbonyl (C=O) groups excluding carboxylic acids is 4. The van der Waals surface area contributed by atoms with Crippen molar-refractivity contribution in [2.75, 3.05) is 38.5 Å². The number of carbonyl (C=O) groups is 4. The molecule has 6 aromatic heterocycles. The molecule has 0 aliphatic carbocycles. The van der Waals surface area contributed by atoms with E-state index < -0.39 is 66.3 Å². The summed E-state index contributed by atoms with van der Waals surface area (Å²) in [7, 11) is -0.625. The highest BCUT2D eigenvalue weighted by Crippen LogP contribution is 2.39. The SMILES string of the molecule is Cn1cc(-c2ccc(CN3C(=O)CCc4ccccc43)c(F)c2)cn1.Cn1cc(-c2ccc(CN3C(=O)CS(=O)(=O)c4ccccc43)c(F)c2)cn1.Cn1cc(-c2ccc(CN3C(=O)CSc4ccccc43)c(F)c2)cn1.Cn1cc(-c2ccc(Cn3cc(S(=O)(=O)CCNC(=O)c4ccncc4)c4c(F)cc(F)cc43)c(F)c2)cn1. The number of nitrogens with zero attached hydrogens (tertiary/aromatic N) is 13. The number of anilines is 3. The van der Waals surface area contributed by atoms with E-state index in [1.54, 1.807) is 128 Å². The van der Waals surface area contributed by atoms with Gasteiger partial charge in [0.1, 0.15) is 40.7 Å². The lowest BCUT2D eigenvalue weighted by Gasteiger charge is -2.29. The van der Waals surface area contributed by atoms with E-state index in [4.69, 9.17) is 0 Å². The molecule has 0 atom stereocenters. The number of nitrogens with one attached hydrogen (secondary N) is 1. The summed E-state index contributed by atoms with van der Waals surface area (Å²) in [6, 6.07) is 45.9. The Labute approximate surface area is 666 Å². The summed E-state index contributed by atoms with van der Waals surface area (Å²) in [5.41, 5.74) is 11.0. The lowest BCUT2D eigenvalue weighted by atomic mass is 10.00. The van der Waals surface area contributed by atoms with Gasteiger partial charge in [-0.3, -0.25) is 42.9 Å². The fourth-order valence-corrected chi connectivity index (χ4v) is 17.4. The predicted molar refractivity (Wildman–Crippen MR) is 428 cm³/mol. The fourth-order valence-electron chi connectivity index (χ4n) is 13.6. The van der Waals surface area contributed by atoms with E-state index in [2.05, 4.69) is 30.7 Å². The van der Waals surface area contributed by atoms with Gasteiger partial charge in [-0.15, -0.1) is 11.8 Å². The van der Waals surface area contributed by atoms with Gasteiger partial charge in [0.25, 0.3) is 5.91 Å². The first kappa shape index (κ1) is 79.6. The maximum Gasteiger partial charge on any atom is 0.251 e. The number of sulfone groups is 2. The standard InChI is InChI=1S/C27H22F3N5O3S.C20H18FN3O.C19H16FN3O3S.C19H16FN3OS/c1-34-14-20(13-33-34)18-2-3-19(22(29)10-18)15-35-16-25(26-23(30)11-21(28)12-24(26)35)39(37,38)9-8-32-27(36)17-4-6-31-7-5-17;1-23-12-17(11-22-23)15-6-7-16(18(21)10-15)13-24-19-5-3-2-4-14(19)8-9-20(24)25;1-22-10-15(9-21-22)13-6-7-14(16(20)8-13)11-23-17-4-2-3-5-18(17)27(25,26)12-19(23)24;1-22-10-15(9-21-22)13-6-7-14(16(20)8-13)11-23-17-4-2-3-5-18(17)25-12-19(23)24/h2-7,10-14,16H,8-9,15H2,1H3,(H,32,36);2-7,10-12H,8-9,13H2,1H3;2-10H,11-12H2,1H3;2-10H,11-12H2,1H3. The molecule has 0 spiro atoms. The van der Waals surface area contributed by atoms with Gasteiger partial charge in [0.2, 0.25) is 17.7 Å². The molecular formula is C85H72F6N14O8S3. The van der Waals surface area contributed by atoms with Crippen molar-refractivity contribution in [3.05, 3.63) is 306 Å². The van der Waals surface area contributed by atoms with Crippen LogP contribution in [0, 0.1) is 34.9 Å². The third-order valence-corrected chi connectivity index (χ3v) is 24.0. The smallest absolute Gasteiger partial charge is 0.251 e. The first-order valence-electron chi connectivity index (χ1n) is 36.2. The molecule has 22 nitrogen and oxygen atoms in total. The van der Waals surface area contributed by atoms with Crippen molar-refractivity contribution < 1.29 is 62.4 Å². The molecule has 17 rings (SSSR count). The summed E-state index contributed by atoms with van der Waals surface area (Å²) >= 11 is 1.52. The predicted octanol–water partition coefficient (Wildman–Crippen LogP) is 14.2. The molecule has 3 aliphatic rings. The Bertz CT molecular complexity index is 6190. The van der Waals surface area contributed by atoms with Crippen LogP contribution in [-0.2, 0) is 94.8 Å². The molecule has 0 fully saturated rings. The van der Waals surface area contributed by atoms with Gasteiger partial charge in [-0.05, 0) is 107 Å². The van der Waals surface area contributed by atoms with Crippen LogP contribution in [0.5, 0.6) is 0 Å². The van der Waals surface area contributed by atoms with Crippen LogP contribution < -0.4 is 20.0 Å². The van der Waals surface area contributed by atoms with Crippen LogP contribution >= 0.6 is 11.8 Å². The van der Waals surface area contributed by atoms with Gasteiger partial charge in [-0.2, -0.15) is 20.4 Å². The van der Waals surface area contributed by atoms with E-state index in [0.717, 1.165) is 62.1 Å². The number of hydrogen-bond donors (Lipinski definition) is 1. The summed E-state index contributed by atoms with van der Waals surface area (Å²) in [4.78, 5) is 58.6. The number of hydrogen-bond acceptors (Lipinski definition) is 14. The van der Waals surface area contributed by atoms with Gasteiger partial charge in [0.15, 0.2) is 19.7 Å². The van der Waals surface area contributed by atoms with Gasteiger partial charge in [0, 0.05) is 151 Å². The molecule has 0 unspecified atom stereocenters. The number of fused-ring (bicyclic) bond motifs is 4. The lowest BCUT2D eigenvalue weighted by Crippen LogP contribution is -2.40. The highest BCUT2D eigenvalue weighted by Gasteiger charge is 2.35. The molecular weight excluding hydrogens is 1560 g/mol. The first-order chi connectivity index (χ1) is 55.7. The van der Waals surface area contributed by atoms with Crippen LogP contribution in [0.15, 0.2) is 253 Å². The summed E-state index contributed by atoms with van der Waals surface area (Å²) in [5, 5.41) is 18.6. The molecule has 8 aromatic carbocycles. The first-order valence-corrected chi connectivity index (χ1v) is 40.5. The van der Waals surface area contributed by atoms with Crippen LogP contribution in [0.4, 0.5) is 43.4 Å². The van der Waals surface area contributed by atoms with Gasteiger partial charge in [0.05, 0.1) is 94.5 Å². The summed E-state index contributed by atoms with van der Waals surface area (Å²) < 4.78 is 147. The normalized spacial score (nSPS) is 13.5. The Morgan fingerprint density at radius 2 is 0.922 bits per heavy atom. The third kappa shape index (κ3) is 17.8. The van der Waals surface area contributed by atoms with Gasteiger partial charge < -0.3 is 24.6 Å². The molecule has 0 saturated heterocycles. The second-order valence-corrected chi connectivity index (χ2v) is 32.7. The van der Waals surface area contributed by atoms with Crippen LogP contribution in [0.2, 0.25) is 0 Å². The summed E-state index contributed by atoms with van der Waals surface area (Å²) in [5.74, 6) is -5.40. The number of thioether (sulfide) groups is 1. The van der Waals surface area contributed by atoms with Crippen LogP contribution in [0.3, 0.4) is 0 Å². The number of aryl methyl sites for hydroxylation is 5. The van der Waals surface area contributed by atoms with E-state index in [0.29, 0.717) is 57.2 Å². The average molecular weight is 1630 g/mol. The minimum Gasteiger partial charge on any atom is -0.351 e. The number of rotatable bonds is 17. The number of aromatic nitrogens is 10. The third-order valence-electron chi connectivity index (χ3n) is 19.6. The lowest BCUT2D eigenvalue weighted by molar-refractivity contribution is -0.119. The van der Waals surface area contributed by atoms with Crippen molar-refractivity contribution in [3.63, 3.8) is 0 Å². The van der Waals surface area contributed by atoms with Crippen molar-refractivity contribution in [1.82, 2.24) is 54.0 Å². The van der Waals surface area contributed by atoms with E-state index in [9.17, 15) is 58.0 Å².